The molecule has 0 saturated heterocycles. The molecule has 0 aliphatic heterocycles. The van der Waals surface area contributed by atoms with Crippen LogP contribution in [0.3, 0.4) is 0 Å². The van der Waals surface area contributed by atoms with Gasteiger partial charge in [-0.2, -0.15) is 0 Å². The van der Waals surface area contributed by atoms with Crippen LogP contribution >= 0.6 is 0 Å². The predicted molar refractivity (Wildman–Crippen MR) is 129 cm³/mol. The molecular weight excluding hydrogens is 388 g/mol. The van der Waals surface area contributed by atoms with E-state index >= 15 is 0 Å². The lowest BCUT2D eigenvalue weighted by molar-refractivity contribution is -0.0691. The molecule has 1 rings (SSSR count). The van der Waals surface area contributed by atoms with E-state index in [0.29, 0.717) is 24.8 Å². The zero-order chi connectivity index (χ0) is 23.6. The first-order chi connectivity index (χ1) is 14.4. The number of hydrogen-bond donors (Lipinski definition) is 4. The van der Waals surface area contributed by atoms with Gasteiger partial charge in [0.15, 0.2) is 0 Å². The van der Waals surface area contributed by atoms with E-state index in [1.807, 2.05) is 13.8 Å². The molecule has 0 saturated carbocycles. The summed E-state index contributed by atoms with van der Waals surface area (Å²) in [5, 5.41) is 40.8. The minimum Gasteiger partial charge on any atom is -0.508 e. The highest BCUT2D eigenvalue weighted by molar-refractivity contribution is 5.46. The van der Waals surface area contributed by atoms with Crippen molar-refractivity contribution in [3.05, 3.63) is 58.2 Å². The Labute approximate surface area is 188 Å². The fourth-order valence-corrected chi connectivity index (χ4v) is 3.52. The minimum atomic E-state index is -1.07. The molecule has 0 bridgehead atoms. The summed E-state index contributed by atoms with van der Waals surface area (Å²) in [6.45, 7) is 11.7. The number of phenols is 2. The van der Waals surface area contributed by atoms with Crippen LogP contribution in [0.5, 0.6) is 11.5 Å². The zero-order valence-electron chi connectivity index (χ0n) is 20.2. The number of phenolic OH excluding ortho intramolecular Hbond substituents is 2. The highest BCUT2D eigenvalue weighted by Crippen LogP contribution is 2.28. The van der Waals surface area contributed by atoms with Gasteiger partial charge in [0, 0.05) is 5.56 Å². The van der Waals surface area contributed by atoms with Gasteiger partial charge in [-0.15, -0.1) is 0 Å². The largest absolute Gasteiger partial charge is 0.508 e. The molecule has 0 aromatic heterocycles. The molecule has 0 spiro atoms. The number of allylic oxidation sites excluding steroid dienone is 6. The molecule has 1 aromatic carbocycles. The number of aryl methyl sites for hydroxylation is 1. The lowest BCUT2D eigenvalue weighted by Crippen LogP contribution is -2.39. The Morgan fingerprint density at radius 3 is 2.26 bits per heavy atom. The second kappa shape index (κ2) is 12.7. The zero-order valence-corrected chi connectivity index (χ0v) is 20.2. The van der Waals surface area contributed by atoms with Gasteiger partial charge in [0.05, 0.1) is 11.7 Å². The van der Waals surface area contributed by atoms with Crippen molar-refractivity contribution in [2.75, 3.05) is 0 Å². The van der Waals surface area contributed by atoms with Gasteiger partial charge in [0.25, 0.3) is 0 Å². The van der Waals surface area contributed by atoms with E-state index < -0.39 is 11.7 Å². The standard InChI is InChI=1S/C27H42O4/c1-19(2)9-8-16-27(6,31)25(29)15-13-21(4)11-7-10-20(3)12-14-23-18-24(28)17-22(5)26(23)30/h9,11-12,17-18,25,28-31H,7-8,10,13-16H2,1-6H3. The maximum absolute atomic E-state index is 10.5. The maximum Gasteiger partial charge on any atom is 0.122 e. The van der Waals surface area contributed by atoms with Crippen molar-refractivity contribution in [1.82, 2.24) is 0 Å². The van der Waals surface area contributed by atoms with Gasteiger partial charge in [-0.1, -0.05) is 34.9 Å². The molecule has 4 N–H and O–H groups in total. The third-order valence-electron chi connectivity index (χ3n) is 5.80. The Morgan fingerprint density at radius 2 is 1.61 bits per heavy atom. The van der Waals surface area contributed by atoms with Gasteiger partial charge in [-0.25, -0.2) is 0 Å². The quantitative estimate of drug-likeness (QED) is 0.233. The molecule has 0 fully saturated rings. The van der Waals surface area contributed by atoms with E-state index in [9.17, 15) is 20.4 Å². The van der Waals surface area contributed by atoms with Crippen molar-refractivity contribution in [1.29, 1.82) is 0 Å². The first kappa shape index (κ1) is 27.0. The molecule has 1 aromatic rings. The van der Waals surface area contributed by atoms with Crippen molar-refractivity contribution in [2.24, 2.45) is 0 Å². The molecule has 4 nitrogen and oxygen atoms in total. The minimum absolute atomic E-state index is 0.174. The van der Waals surface area contributed by atoms with Gasteiger partial charge in [-0.3, -0.25) is 0 Å². The Kier molecular flexibility index (Phi) is 11.1. The molecule has 0 aliphatic rings. The van der Waals surface area contributed by atoms with Crippen molar-refractivity contribution < 1.29 is 20.4 Å². The van der Waals surface area contributed by atoms with Gasteiger partial charge in [0.1, 0.15) is 11.5 Å². The molecule has 2 atom stereocenters. The van der Waals surface area contributed by atoms with Crippen LogP contribution in [0.1, 0.15) is 84.3 Å². The molecule has 0 amide bonds. The first-order valence-electron chi connectivity index (χ1n) is 11.3. The average Bonchev–Trinajstić information content (AvgIpc) is 2.67. The van der Waals surface area contributed by atoms with E-state index in [2.05, 4.69) is 32.1 Å². The van der Waals surface area contributed by atoms with Crippen LogP contribution in [0.2, 0.25) is 0 Å². The van der Waals surface area contributed by atoms with Crippen molar-refractivity contribution >= 4 is 0 Å². The average molecular weight is 431 g/mol. The number of rotatable bonds is 12. The molecule has 31 heavy (non-hydrogen) atoms. The fourth-order valence-electron chi connectivity index (χ4n) is 3.52. The van der Waals surface area contributed by atoms with E-state index in [-0.39, 0.29) is 11.5 Å². The summed E-state index contributed by atoms with van der Waals surface area (Å²) in [6.07, 6.45) is 10.7. The summed E-state index contributed by atoms with van der Waals surface area (Å²) < 4.78 is 0. The molecule has 0 radical (unpaired) electrons. The number of hydrogen-bond acceptors (Lipinski definition) is 4. The summed E-state index contributed by atoms with van der Waals surface area (Å²) in [4.78, 5) is 0. The first-order valence-corrected chi connectivity index (χ1v) is 11.3. The van der Waals surface area contributed by atoms with Gasteiger partial charge < -0.3 is 20.4 Å². The predicted octanol–water partition coefficient (Wildman–Crippen LogP) is 6.26. The second-order valence-corrected chi connectivity index (χ2v) is 9.35. The Hall–Kier alpha value is -2.04. The van der Waals surface area contributed by atoms with Crippen LogP contribution in [0.15, 0.2) is 47.1 Å². The summed E-state index contributed by atoms with van der Waals surface area (Å²) >= 11 is 0. The summed E-state index contributed by atoms with van der Waals surface area (Å²) in [6, 6.07) is 3.17. The number of aromatic hydroxyl groups is 2. The normalized spacial score (nSPS) is 15.5. The fraction of sp³-hybridized carbons (Fsp3) is 0.556. The number of benzene rings is 1. The summed E-state index contributed by atoms with van der Waals surface area (Å²) in [5.74, 6) is 0.418. The van der Waals surface area contributed by atoms with Gasteiger partial charge in [-0.05, 0) is 104 Å². The highest BCUT2D eigenvalue weighted by atomic mass is 16.3. The van der Waals surface area contributed by atoms with Crippen molar-refractivity contribution in [3.63, 3.8) is 0 Å². The van der Waals surface area contributed by atoms with Crippen LogP contribution in [-0.2, 0) is 6.42 Å². The molecule has 2 unspecified atom stereocenters. The van der Waals surface area contributed by atoms with E-state index in [1.54, 1.807) is 26.0 Å². The molecule has 0 heterocycles. The summed E-state index contributed by atoms with van der Waals surface area (Å²) in [5.41, 5.74) is 4.01. The third kappa shape index (κ3) is 10.2. The smallest absolute Gasteiger partial charge is 0.122 e. The van der Waals surface area contributed by atoms with Crippen molar-refractivity contribution in [3.8, 4) is 11.5 Å². The monoisotopic (exact) mass is 430 g/mol. The Balaban J connectivity index is 2.46. The van der Waals surface area contributed by atoms with Crippen LogP contribution < -0.4 is 0 Å². The second-order valence-electron chi connectivity index (χ2n) is 9.35. The van der Waals surface area contributed by atoms with Crippen molar-refractivity contribution in [2.45, 2.75) is 98.2 Å². The molecule has 0 aliphatic carbocycles. The Morgan fingerprint density at radius 1 is 0.968 bits per heavy atom. The van der Waals surface area contributed by atoms with E-state index in [1.165, 1.54) is 16.7 Å². The van der Waals surface area contributed by atoms with Crippen LogP contribution in [0, 0.1) is 6.92 Å². The van der Waals surface area contributed by atoms with Gasteiger partial charge in [0.2, 0.25) is 0 Å². The number of aliphatic hydroxyl groups excluding tert-OH is 1. The van der Waals surface area contributed by atoms with Crippen LogP contribution in [-0.4, -0.2) is 32.1 Å². The number of aliphatic hydroxyl groups is 2. The van der Waals surface area contributed by atoms with E-state index in [4.69, 9.17) is 0 Å². The maximum atomic E-state index is 10.5. The van der Waals surface area contributed by atoms with Crippen LogP contribution in [0.4, 0.5) is 0 Å². The molecular formula is C27H42O4. The Bertz CT molecular complexity index is 796. The molecule has 4 heteroatoms. The van der Waals surface area contributed by atoms with E-state index in [0.717, 1.165) is 31.2 Å². The van der Waals surface area contributed by atoms with Gasteiger partial charge >= 0.3 is 0 Å². The van der Waals surface area contributed by atoms with Crippen LogP contribution in [0.25, 0.3) is 0 Å². The topological polar surface area (TPSA) is 80.9 Å². The highest BCUT2D eigenvalue weighted by Gasteiger charge is 2.28. The summed E-state index contributed by atoms with van der Waals surface area (Å²) in [7, 11) is 0. The lowest BCUT2D eigenvalue weighted by atomic mass is 9.89. The lowest BCUT2D eigenvalue weighted by Gasteiger charge is -2.29. The third-order valence-corrected chi connectivity index (χ3v) is 5.80. The SMILES string of the molecule is CC(C)=CCCC(C)(O)C(O)CCC(C)=CCCC(C)=CCc1cc(O)cc(C)c1O. The molecule has 174 valence electrons.